The van der Waals surface area contributed by atoms with Crippen molar-refractivity contribution in [2.45, 2.75) is 18.9 Å². The van der Waals surface area contributed by atoms with Crippen molar-refractivity contribution in [1.82, 2.24) is 5.32 Å². The maximum absolute atomic E-state index is 12.9. The van der Waals surface area contributed by atoms with Crippen molar-refractivity contribution in [1.29, 1.82) is 0 Å². The number of carbonyl (C=O) groups excluding carboxylic acids is 3. The molecule has 2 aromatic rings. The van der Waals surface area contributed by atoms with Crippen LogP contribution in [0.15, 0.2) is 48.5 Å². The normalized spacial score (nSPS) is 16.8. The fraction of sp³-hybridized carbons (Fsp3) is 0.318. The number of amides is 2. The van der Waals surface area contributed by atoms with Gasteiger partial charge in [-0.05, 0) is 23.8 Å². The standard InChI is InChI=1S/C22H23ClN2O5/c1-29-19-9-8-16(23)12-18(19)25-13-15(11-20(25)26)21(27)24-17(22(28)30-2)10-14-6-4-3-5-7-14/h3-9,12,15,17H,10-11,13H2,1-2H3,(H,24,27). The van der Waals surface area contributed by atoms with Crippen LogP contribution in [0.5, 0.6) is 5.75 Å². The number of carbonyl (C=O) groups is 3. The number of halogens is 1. The first kappa shape index (κ1) is 21.6. The van der Waals surface area contributed by atoms with Crippen LogP contribution >= 0.6 is 11.6 Å². The summed E-state index contributed by atoms with van der Waals surface area (Å²) in [7, 11) is 2.78. The number of hydrogen-bond donors (Lipinski definition) is 1. The molecule has 0 radical (unpaired) electrons. The van der Waals surface area contributed by atoms with Gasteiger partial charge in [-0.3, -0.25) is 9.59 Å². The highest BCUT2D eigenvalue weighted by Gasteiger charge is 2.37. The lowest BCUT2D eigenvalue weighted by Gasteiger charge is -2.21. The molecule has 0 bridgehead atoms. The zero-order chi connectivity index (χ0) is 21.7. The monoisotopic (exact) mass is 430 g/mol. The summed E-state index contributed by atoms with van der Waals surface area (Å²) in [6.45, 7) is 0.167. The third-order valence-corrected chi connectivity index (χ3v) is 5.25. The minimum absolute atomic E-state index is 0.0285. The van der Waals surface area contributed by atoms with Gasteiger partial charge in [0.2, 0.25) is 11.8 Å². The van der Waals surface area contributed by atoms with E-state index in [1.807, 2.05) is 30.3 Å². The molecule has 158 valence electrons. The smallest absolute Gasteiger partial charge is 0.328 e. The molecule has 30 heavy (non-hydrogen) atoms. The van der Waals surface area contributed by atoms with Crippen LogP contribution in [0.2, 0.25) is 5.02 Å². The van der Waals surface area contributed by atoms with Crippen molar-refractivity contribution < 1.29 is 23.9 Å². The van der Waals surface area contributed by atoms with E-state index in [-0.39, 0.29) is 24.8 Å². The van der Waals surface area contributed by atoms with Gasteiger partial charge >= 0.3 is 5.97 Å². The van der Waals surface area contributed by atoms with E-state index in [9.17, 15) is 14.4 Å². The quantitative estimate of drug-likeness (QED) is 0.682. The molecule has 7 nitrogen and oxygen atoms in total. The lowest BCUT2D eigenvalue weighted by molar-refractivity contribution is -0.145. The second-order valence-corrected chi connectivity index (χ2v) is 7.43. The molecule has 3 rings (SSSR count). The van der Waals surface area contributed by atoms with Crippen molar-refractivity contribution in [3.63, 3.8) is 0 Å². The van der Waals surface area contributed by atoms with Crippen molar-refractivity contribution in [2.75, 3.05) is 25.7 Å². The second kappa shape index (κ2) is 9.63. The molecule has 0 aliphatic carbocycles. The van der Waals surface area contributed by atoms with Crippen molar-refractivity contribution in [3.8, 4) is 5.75 Å². The van der Waals surface area contributed by atoms with Crippen LogP contribution in [0.25, 0.3) is 0 Å². The van der Waals surface area contributed by atoms with Crippen LogP contribution in [-0.2, 0) is 25.5 Å². The van der Waals surface area contributed by atoms with Gasteiger partial charge in [0.15, 0.2) is 0 Å². The zero-order valence-electron chi connectivity index (χ0n) is 16.8. The van der Waals surface area contributed by atoms with E-state index in [0.29, 0.717) is 22.9 Å². The highest BCUT2D eigenvalue weighted by atomic mass is 35.5. The van der Waals surface area contributed by atoms with Gasteiger partial charge in [0.25, 0.3) is 0 Å². The summed E-state index contributed by atoms with van der Waals surface area (Å²) < 4.78 is 10.2. The van der Waals surface area contributed by atoms with E-state index in [4.69, 9.17) is 21.1 Å². The number of rotatable bonds is 7. The largest absolute Gasteiger partial charge is 0.495 e. The summed E-state index contributed by atoms with van der Waals surface area (Å²) in [5.41, 5.74) is 1.40. The Balaban J connectivity index is 1.73. The Morgan fingerprint density at radius 2 is 1.93 bits per heavy atom. The summed E-state index contributed by atoms with van der Waals surface area (Å²) in [4.78, 5) is 39.1. The average molecular weight is 431 g/mol. The maximum atomic E-state index is 12.9. The second-order valence-electron chi connectivity index (χ2n) is 7.00. The van der Waals surface area contributed by atoms with E-state index >= 15 is 0 Å². The van der Waals surface area contributed by atoms with Crippen LogP contribution in [0, 0.1) is 5.92 Å². The number of anilines is 1. The van der Waals surface area contributed by atoms with Gasteiger partial charge < -0.3 is 19.7 Å². The number of esters is 1. The topological polar surface area (TPSA) is 84.9 Å². The fourth-order valence-electron chi connectivity index (χ4n) is 3.47. The molecule has 1 N–H and O–H groups in total. The van der Waals surface area contributed by atoms with E-state index < -0.39 is 17.9 Å². The number of nitrogens with zero attached hydrogens (tertiary/aromatic N) is 1. The lowest BCUT2D eigenvalue weighted by Crippen LogP contribution is -2.46. The summed E-state index contributed by atoms with van der Waals surface area (Å²) in [6, 6.07) is 13.5. The first-order valence-electron chi connectivity index (χ1n) is 9.49. The SMILES string of the molecule is COC(=O)C(Cc1ccccc1)NC(=O)C1CC(=O)N(c2cc(Cl)ccc2OC)C1. The molecule has 1 saturated heterocycles. The molecule has 2 amide bonds. The van der Waals surface area contributed by atoms with E-state index in [1.54, 1.807) is 18.2 Å². The minimum Gasteiger partial charge on any atom is -0.495 e. The lowest BCUT2D eigenvalue weighted by atomic mass is 10.0. The third-order valence-electron chi connectivity index (χ3n) is 5.01. The summed E-state index contributed by atoms with van der Waals surface area (Å²) >= 11 is 6.07. The molecule has 0 spiro atoms. The number of nitrogens with one attached hydrogen (secondary N) is 1. The molecule has 0 saturated carbocycles. The Labute approximate surface area is 179 Å². The molecule has 1 heterocycles. The van der Waals surface area contributed by atoms with Crippen LogP contribution < -0.4 is 15.0 Å². The zero-order valence-corrected chi connectivity index (χ0v) is 17.5. The predicted molar refractivity (Wildman–Crippen MR) is 113 cm³/mol. The Morgan fingerprint density at radius 1 is 1.20 bits per heavy atom. The molecular formula is C22H23ClN2O5. The van der Waals surface area contributed by atoms with Crippen LogP contribution in [0.1, 0.15) is 12.0 Å². The Bertz CT molecular complexity index is 934. The summed E-state index contributed by atoms with van der Waals surface area (Å²) in [6.07, 6.45) is 0.326. The van der Waals surface area contributed by atoms with Gasteiger partial charge in [-0.15, -0.1) is 0 Å². The van der Waals surface area contributed by atoms with Gasteiger partial charge in [0.05, 0.1) is 25.8 Å². The van der Waals surface area contributed by atoms with Gasteiger partial charge in [-0.25, -0.2) is 4.79 Å². The number of benzene rings is 2. The fourth-order valence-corrected chi connectivity index (χ4v) is 3.63. The first-order valence-corrected chi connectivity index (χ1v) is 9.86. The number of methoxy groups -OCH3 is 2. The van der Waals surface area contributed by atoms with Crippen molar-refractivity contribution in [2.24, 2.45) is 5.92 Å². The minimum atomic E-state index is -0.838. The van der Waals surface area contributed by atoms with Gasteiger partial charge in [0, 0.05) is 24.4 Å². The molecule has 0 aromatic heterocycles. The Kier molecular flexibility index (Phi) is 6.95. The molecule has 2 unspecified atom stereocenters. The van der Waals surface area contributed by atoms with Gasteiger partial charge in [0.1, 0.15) is 11.8 Å². The Hall–Kier alpha value is -3.06. The van der Waals surface area contributed by atoms with Crippen LogP contribution in [-0.4, -0.2) is 44.6 Å². The van der Waals surface area contributed by atoms with Crippen molar-refractivity contribution >= 4 is 35.1 Å². The van der Waals surface area contributed by atoms with E-state index in [0.717, 1.165) is 5.56 Å². The molecule has 1 aliphatic rings. The highest BCUT2D eigenvalue weighted by molar-refractivity contribution is 6.31. The molecule has 1 fully saturated rings. The van der Waals surface area contributed by atoms with E-state index in [2.05, 4.69) is 5.32 Å². The predicted octanol–water partition coefficient (Wildman–Crippen LogP) is 2.60. The first-order chi connectivity index (χ1) is 14.4. The average Bonchev–Trinajstić information content (AvgIpc) is 3.15. The molecule has 2 atom stereocenters. The van der Waals surface area contributed by atoms with Gasteiger partial charge in [-0.1, -0.05) is 41.9 Å². The van der Waals surface area contributed by atoms with Gasteiger partial charge in [-0.2, -0.15) is 0 Å². The molecule has 8 heteroatoms. The molecular weight excluding hydrogens is 408 g/mol. The maximum Gasteiger partial charge on any atom is 0.328 e. The van der Waals surface area contributed by atoms with E-state index in [1.165, 1.54) is 19.1 Å². The van der Waals surface area contributed by atoms with Crippen molar-refractivity contribution in [3.05, 3.63) is 59.1 Å². The molecule has 2 aromatic carbocycles. The number of ether oxygens (including phenoxy) is 2. The highest BCUT2D eigenvalue weighted by Crippen LogP contribution is 2.35. The number of hydrogen-bond acceptors (Lipinski definition) is 5. The Morgan fingerprint density at radius 3 is 2.60 bits per heavy atom. The van der Waals surface area contributed by atoms with Crippen LogP contribution in [0.3, 0.4) is 0 Å². The third kappa shape index (κ3) is 4.91. The van der Waals surface area contributed by atoms with Crippen LogP contribution in [0.4, 0.5) is 5.69 Å². The summed E-state index contributed by atoms with van der Waals surface area (Å²) in [5, 5.41) is 3.20. The summed E-state index contributed by atoms with van der Waals surface area (Å²) in [5.74, 6) is -1.24. The molecule has 1 aliphatic heterocycles.